The Morgan fingerprint density at radius 1 is 0.867 bits per heavy atom. The molecule has 0 aliphatic heterocycles. The van der Waals surface area contributed by atoms with E-state index in [-0.39, 0.29) is 0 Å². The SMILES string of the molecule is CC1CC2C3CC4(C1)CC3C1CC(C)C214. The van der Waals surface area contributed by atoms with E-state index in [2.05, 4.69) is 13.8 Å². The van der Waals surface area contributed by atoms with Crippen LogP contribution in [0.2, 0.25) is 0 Å². The molecule has 6 aliphatic rings. The normalized spacial score (nSPS) is 77.2. The topological polar surface area (TPSA) is 0 Å². The second-order valence-electron chi connectivity index (χ2n) is 7.84. The second kappa shape index (κ2) is 1.93. The fourth-order valence-electron chi connectivity index (χ4n) is 8.23. The van der Waals surface area contributed by atoms with Gasteiger partial charge in [-0.15, -0.1) is 0 Å². The van der Waals surface area contributed by atoms with E-state index >= 15 is 0 Å². The van der Waals surface area contributed by atoms with Gasteiger partial charge in [-0.25, -0.2) is 0 Å². The van der Waals surface area contributed by atoms with Gasteiger partial charge >= 0.3 is 0 Å². The van der Waals surface area contributed by atoms with Crippen LogP contribution < -0.4 is 0 Å². The van der Waals surface area contributed by atoms with Crippen molar-refractivity contribution in [2.75, 3.05) is 0 Å². The van der Waals surface area contributed by atoms with Crippen molar-refractivity contribution in [3.8, 4) is 0 Å². The fourth-order valence-corrected chi connectivity index (χ4v) is 8.23. The van der Waals surface area contributed by atoms with Crippen LogP contribution in [0.1, 0.15) is 46.0 Å². The Morgan fingerprint density at radius 2 is 1.53 bits per heavy atom. The molecule has 15 heavy (non-hydrogen) atoms. The summed E-state index contributed by atoms with van der Waals surface area (Å²) in [6.45, 7) is 5.12. The van der Waals surface area contributed by atoms with Crippen LogP contribution in [-0.4, -0.2) is 0 Å². The van der Waals surface area contributed by atoms with Crippen LogP contribution >= 0.6 is 0 Å². The Morgan fingerprint density at radius 3 is 2.13 bits per heavy atom. The first-order valence-corrected chi connectivity index (χ1v) is 7.19. The predicted molar refractivity (Wildman–Crippen MR) is 60.2 cm³/mol. The third-order valence-corrected chi connectivity index (χ3v) is 7.80. The van der Waals surface area contributed by atoms with Gasteiger partial charge in [0.1, 0.15) is 0 Å². The van der Waals surface area contributed by atoms with Crippen LogP contribution in [0, 0.1) is 46.3 Å². The lowest BCUT2D eigenvalue weighted by Crippen LogP contribution is -2.56. The van der Waals surface area contributed by atoms with Crippen LogP contribution in [-0.2, 0) is 0 Å². The monoisotopic (exact) mass is 202 g/mol. The summed E-state index contributed by atoms with van der Waals surface area (Å²) in [5, 5.41) is 0. The van der Waals surface area contributed by atoms with Crippen molar-refractivity contribution in [3.05, 3.63) is 0 Å². The number of hydrogen-bond donors (Lipinski definition) is 0. The van der Waals surface area contributed by atoms with E-state index in [1.165, 1.54) is 23.7 Å². The highest BCUT2D eigenvalue weighted by Gasteiger charge is 2.85. The summed E-state index contributed by atoms with van der Waals surface area (Å²) >= 11 is 0. The molecule has 0 nitrogen and oxygen atoms in total. The minimum Gasteiger partial charge on any atom is -0.0625 e. The van der Waals surface area contributed by atoms with Gasteiger partial charge in [0, 0.05) is 0 Å². The molecule has 8 unspecified atom stereocenters. The first-order valence-electron chi connectivity index (χ1n) is 7.19. The number of hydrogen-bond acceptors (Lipinski definition) is 0. The average molecular weight is 202 g/mol. The summed E-state index contributed by atoms with van der Waals surface area (Å²) < 4.78 is 0. The van der Waals surface area contributed by atoms with Crippen LogP contribution in [0.3, 0.4) is 0 Å². The van der Waals surface area contributed by atoms with Gasteiger partial charge in [0.15, 0.2) is 0 Å². The second-order valence-corrected chi connectivity index (χ2v) is 7.84. The molecule has 0 radical (unpaired) electrons. The third kappa shape index (κ3) is 0.524. The van der Waals surface area contributed by atoms with Crippen molar-refractivity contribution < 1.29 is 0 Å². The van der Waals surface area contributed by atoms with Crippen molar-refractivity contribution in [1.82, 2.24) is 0 Å². The summed E-state index contributed by atoms with van der Waals surface area (Å²) in [5.41, 5.74) is 1.79. The molecular formula is C15H22. The summed E-state index contributed by atoms with van der Waals surface area (Å²) in [4.78, 5) is 0. The van der Waals surface area contributed by atoms with E-state index in [0.717, 1.165) is 22.7 Å². The lowest BCUT2D eigenvalue weighted by Gasteiger charge is -2.62. The lowest BCUT2D eigenvalue weighted by atomic mass is 9.42. The Kier molecular flexibility index (Phi) is 1.05. The maximum atomic E-state index is 2.59. The zero-order valence-electron chi connectivity index (χ0n) is 10.00. The summed E-state index contributed by atoms with van der Waals surface area (Å²) in [7, 11) is 0. The van der Waals surface area contributed by atoms with Gasteiger partial charge in [0.2, 0.25) is 0 Å². The predicted octanol–water partition coefficient (Wildman–Crippen LogP) is 3.71. The van der Waals surface area contributed by atoms with Gasteiger partial charge in [-0.1, -0.05) is 13.8 Å². The fraction of sp³-hybridized carbons (Fsp3) is 1.00. The molecule has 6 aliphatic carbocycles. The largest absolute Gasteiger partial charge is 0.0625 e. The maximum Gasteiger partial charge on any atom is -0.0153 e. The molecule has 8 atom stereocenters. The molecule has 0 aromatic heterocycles. The van der Waals surface area contributed by atoms with Gasteiger partial charge < -0.3 is 0 Å². The van der Waals surface area contributed by atoms with E-state index in [9.17, 15) is 0 Å². The molecule has 0 N–H and O–H groups in total. The maximum absolute atomic E-state index is 2.59. The molecule has 2 spiro atoms. The summed E-state index contributed by atoms with van der Waals surface area (Å²) in [5.74, 6) is 6.96. The highest BCUT2D eigenvalue weighted by molar-refractivity contribution is 5.33. The summed E-state index contributed by atoms with van der Waals surface area (Å²) in [6.07, 6.45) is 8.13. The highest BCUT2D eigenvalue weighted by Crippen LogP contribution is 2.91. The van der Waals surface area contributed by atoms with E-state index in [1.807, 2.05) is 0 Å². The summed E-state index contributed by atoms with van der Waals surface area (Å²) in [6, 6.07) is 0. The first-order chi connectivity index (χ1) is 7.19. The van der Waals surface area contributed by atoms with E-state index in [1.54, 1.807) is 32.1 Å². The zero-order valence-corrected chi connectivity index (χ0v) is 10.00. The van der Waals surface area contributed by atoms with Crippen LogP contribution in [0.5, 0.6) is 0 Å². The smallest absolute Gasteiger partial charge is 0.0153 e. The van der Waals surface area contributed by atoms with Gasteiger partial charge in [0.05, 0.1) is 0 Å². The van der Waals surface area contributed by atoms with E-state index in [0.29, 0.717) is 0 Å². The third-order valence-electron chi connectivity index (χ3n) is 7.80. The molecule has 6 rings (SSSR count). The molecule has 5 bridgehead atoms. The van der Waals surface area contributed by atoms with Gasteiger partial charge in [-0.3, -0.25) is 0 Å². The molecule has 0 aromatic carbocycles. The molecular weight excluding hydrogens is 180 g/mol. The van der Waals surface area contributed by atoms with Crippen molar-refractivity contribution in [2.24, 2.45) is 46.3 Å². The van der Waals surface area contributed by atoms with Crippen LogP contribution in [0.4, 0.5) is 0 Å². The number of rotatable bonds is 0. The molecule has 0 heteroatoms. The molecule has 0 aromatic rings. The van der Waals surface area contributed by atoms with E-state index in [4.69, 9.17) is 0 Å². The standard InChI is InChI=1S/C15H22/c1-8-3-12-10-6-14(5-8)7-11(10)13-4-9(2)15(12,13)14/h8-13H,3-7H2,1-2H3. The van der Waals surface area contributed by atoms with Gasteiger partial charge in [-0.2, -0.15) is 0 Å². The van der Waals surface area contributed by atoms with Crippen LogP contribution in [0.15, 0.2) is 0 Å². The zero-order chi connectivity index (χ0) is 10.00. The van der Waals surface area contributed by atoms with Crippen LogP contribution in [0.25, 0.3) is 0 Å². The van der Waals surface area contributed by atoms with Crippen molar-refractivity contribution >= 4 is 0 Å². The molecule has 0 heterocycles. The quantitative estimate of drug-likeness (QED) is 0.561. The molecule has 0 amide bonds. The molecule has 0 saturated heterocycles. The Balaban J connectivity index is 1.77. The van der Waals surface area contributed by atoms with E-state index < -0.39 is 0 Å². The Hall–Kier alpha value is 0. The van der Waals surface area contributed by atoms with Gasteiger partial charge in [-0.05, 0) is 78.4 Å². The molecule has 6 saturated carbocycles. The molecule has 6 fully saturated rings. The van der Waals surface area contributed by atoms with Crippen molar-refractivity contribution in [3.63, 3.8) is 0 Å². The minimum atomic E-state index is 0.882. The average Bonchev–Trinajstić information content (AvgIpc) is 2.72. The van der Waals surface area contributed by atoms with Crippen molar-refractivity contribution in [2.45, 2.75) is 46.0 Å². The molecule has 82 valence electrons. The highest BCUT2D eigenvalue weighted by atomic mass is 14.9. The van der Waals surface area contributed by atoms with Gasteiger partial charge in [0.25, 0.3) is 0 Å². The Bertz CT molecular complexity index is 355. The lowest BCUT2D eigenvalue weighted by molar-refractivity contribution is -0.143. The Labute approximate surface area is 92.8 Å². The minimum absolute atomic E-state index is 0.882. The van der Waals surface area contributed by atoms with Crippen molar-refractivity contribution in [1.29, 1.82) is 0 Å². The first kappa shape index (κ1) is 8.14.